The minimum Gasteiger partial charge on any atom is -0.309 e. The molecule has 8 aromatic carbocycles. The van der Waals surface area contributed by atoms with Crippen LogP contribution in [0.25, 0.3) is 111 Å². The molecule has 4 aromatic heterocycles. The molecule has 0 aliphatic carbocycles. The van der Waals surface area contributed by atoms with Crippen LogP contribution in [0.1, 0.15) is 11.1 Å². The van der Waals surface area contributed by atoms with Gasteiger partial charge in [0.2, 0.25) is 0 Å². The normalized spacial score (nSPS) is 11.7. The third-order valence-electron chi connectivity index (χ3n) is 12.9. The SMILES string of the molecule is N#Cc1cccc(-c2cc(-n3c4ccccc4c4cc(-c5ccc(-c6ccccc6)nc5)ccc43)c(C(F)(F)F)c(-n3c4ccccc4c4cc(-c5ccc(-c6ccccc6)nc5)ccc43)c2)c1. The Kier molecular flexibility index (Phi) is 9.59. The number of hydrogen-bond donors (Lipinski definition) is 0. The van der Waals surface area contributed by atoms with Crippen molar-refractivity contribution in [3.8, 4) is 73.3 Å². The van der Waals surface area contributed by atoms with E-state index in [1.807, 2.05) is 188 Å². The highest BCUT2D eigenvalue weighted by Crippen LogP contribution is 2.47. The molecule has 0 aliphatic heterocycles. The van der Waals surface area contributed by atoms with Gasteiger partial charge in [0.25, 0.3) is 0 Å². The second-order valence-corrected chi connectivity index (χ2v) is 16.8. The lowest BCUT2D eigenvalue weighted by molar-refractivity contribution is -0.137. The number of halogens is 3. The quantitative estimate of drug-likeness (QED) is 0.160. The Morgan fingerprint density at radius 1 is 0.368 bits per heavy atom. The van der Waals surface area contributed by atoms with Gasteiger partial charge in [0.15, 0.2) is 0 Å². The van der Waals surface area contributed by atoms with E-state index in [1.54, 1.807) is 39.5 Å². The Labute approximate surface area is 388 Å². The van der Waals surface area contributed by atoms with Gasteiger partial charge in [-0.1, -0.05) is 133 Å². The van der Waals surface area contributed by atoms with Crippen LogP contribution < -0.4 is 0 Å². The molecule has 0 amide bonds. The van der Waals surface area contributed by atoms with Crippen molar-refractivity contribution in [3.05, 3.63) is 230 Å². The monoisotopic (exact) mass is 883 g/mol. The summed E-state index contributed by atoms with van der Waals surface area (Å²) in [4.78, 5) is 9.53. The highest BCUT2D eigenvalue weighted by Gasteiger charge is 2.39. The largest absolute Gasteiger partial charge is 0.420 e. The van der Waals surface area contributed by atoms with Gasteiger partial charge in [0, 0.05) is 56.2 Å². The molecule has 0 bridgehead atoms. The van der Waals surface area contributed by atoms with E-state index in [1.165, 1.54) is 0 Å². The summed E-state index contributed by atoms with van der Waals surface area (Å²) in [7, 11) is 0. The lowest BCUT2D eigenvalue weighted by Crippen LogP contribution is -2.16. The fourth-order valence-electron chi connectivity index (χ4n) is 9.70. The molecule has 5 nitrogen and oxygen atoms in total. The number of benzene rings is 8. The van der Waals surface area contributed by atoms with E-state index < -0.39 is 11.7 Å². The van der Waals surface area contributed by atoms with Crippen molar-refractivity contribution in [3.63, 3.8) is 0 Å². The number of hydrogen-bond acceptors (Lipinski definition) is 3. The molecule has 322 valence electrons. The first kappa shape index (κ1) is 40.4. The van der Waals surface area contributed by atoms with Crippen molar-refractivity contribution in [2.75, 3.05) is 0 Å². The smallest absolute Gasteiger partial charge is 0.309 e. The molecule has 0 unspecified atom stereocenters. The van der Waals surface area contributed by atoms with Crippen LogP contribution in [0.3, 0.4) is 0 Å². The predicted octanol–water partition coefficient (Wildman–Crippen LogP) is 15.9. The fourth-order valence-corrected chi connectivity index (χ4v) is 9.70. The zero-order valence-corrected chi connectivity index (χ0v) is 36.2. The van der Waals surface area contributed by atoms with Gasteiger partial charge in [-0.25, -0.2) is 0 Å². The van der Waals surface area contributed by atoms with Crippen LogP contribution in [0.5, 0.6) is 0 Å². The molecule has 0 saturated heterocycles. The molecule has 0 N–H and O–H groups in total. The number of rotatable bonds is 7. The van der Waals surface area contributed by atoms with Crippen LogP contribution in [0.15, 0.2) is 219 Å². The number of aromatic nitrogens is 4. The molecular formula is C60H36F3N5. The van der Waals surface area contributed by atoms with Crippen LogP contribution in [-0.4, -0.2) is 19.1 Å². The van der Waals surface area contributed by atoms with Crippen molar-refractivity contribution in [1.29, 1.82) is 5.26 Å². The van der Waals surface area contributed by atoms with E-state index >= 15 is 13.2 Å². The molecule has 0 saturated carbocycles. The first-order valence-electron chi connectivity index (χ1n) is 22.2. The van der Waals surface area contributed by atoms with E-state index in [0.29, 0.717) is 38.8 Å². The van der Waals surface area contributed by atoms with E-state index in [9.17, 15) is 5.26 Å². The Morgan fingerprint density at radius 3 is 1.25 bits per heavy atom. The number of para-hydroxylation sites is 2. The van der Waals surface area contributed by atoms with Crippen molar-refractivity contribution < 1.29 is 13.2 Å². The van der Waals surface area contributed by atoms with Crippen LogP contribution in [0.2, 0.25) is 0 Å². The van der Waals surface area contributed by atoms with E-state index in [-0.39, 0.29) is 11.4 Å². The van der Waals surface area contributed by atoms with Crippen molar-refractivity contribution in [1.82, 2.24) is 19.1 Å². The van der Waals surface area contributed by atoms with Gasteiger partial charge >= 0.3 is 6.18 Å². The van der Waals surface area contributed by atoms with Crippen LogP contribution in [0, 0.1) is 11.3 Å². The average molecular weight is 884 g/mol. The molecule has 0 spiro atoms. The van der Waals surface area contributed by atoms with Gasteiger partial charge in [-0.05, 0) is 95.1 Å². The molecule has 4 heterocycles. The Balaban J connectivity index is 1.09. The second kappa shape index (κ2) is 16.1. The van der Waals surface area contributed by atoms with Gasteiger partial charge in [-0.3, -0.25) is 9.97 Å². The third-order valence-corrected chi connectivity index (χ3v) is 12.9. The summed E-state index contributed by atoms with van der Waals surface area (Å²) >= 11 is 0. The summed E-state index contributed by atoms with van der Waals surface area (Å²) in [6.45, 7) is 0. The van der Waals surface area contributed by atoms with Crippen molar-refractivity contribution in [2.45, 2.75) is 6.18 Å². The topological polar surface area (TPSA) is 59.4 Å². The van der Waals surface area contributed by atoms with E-state index in [2.05, 4.69) is 6.07 Å². The highest BCUT2D eigenvalue weighted by molar-refractivity contribution is 6.12. The molecule has 0 aliphatic rings. The van der Waals surface area contributed by atoms with Gasteiger partial charge in [0.05, 0.1) is 56.5 Å². The number of nitrogens with zero attached hydrogens (tertiary/aromatic N) is 5. The molecule has 8 heteroatoms. The maximum Gasteiger partial charge on any atom is 0.420 e. The third kappa shape index (κ3) is 6.88. The fraction of sp³-hybridized carbons (Fsp3) is 0.0167. The first-order valence-corrected chi connectivity index (χ1v) is 22.2. The zero-order chi connectivity index (χ0) is 45.9. The van der Waals surface area contributed by atoms with E-state index in [4.69, 9.17) is 9.97 Å². The second-order valence-electron chi connectivity index (χ2n) is 16.8. The van der Waals surface area contributed by atoms with Gasteiger partial charge < -0.3 is 9.13 Å². The standard InChI is InChI=1S/C60H36F3N5/c61-60(62,63)59-57(67-53-20-9-7-18-47(53)49-31-42(24-28-55(49)67)44-22-26-51(65-36-44)39-13-3-1-4-14-39)33-46(41-17-11-12-38(30-41)35-64)34-58(59)68-54-21-10-8-19-48(54)50-32-43(25-29-56(50)68)45-23-27-52(66-37-45)40-15-5-2-6-16-40/h1-34,36-37H. The first-order chi connectivity index (χ1) is 33.3. The summed E-state index contributed by atoms with van der Waals surface area (Å²) in [6.07, 6.45) is -1.16. The summed E-state index contributed by atoms with van der Waals surface area (Å²) in [5, 5.41) is 13.2. The summed E-state index contributed by atoms with van der Waals surface area (Å²) in [6, 6.07) is 67.4. The molecule has 12 aromatic rings. The minimum atomic E-state index is -4.83. The lowest BCUT2D eigenvalue weighted by Gasteiger charge is -2.23. The number of nitriles is 1. The van der Waals surface area contributed by atoms with Crippen molar-refractivity contribution >= 4 is 43.6 Å². The lowest BCUT2D eigenvalue weighted by atomic mass is 9.98. The van der Waals surface area contributed by atoms with Crippen LogP contribution in [-0.2, 0) is 6.18 Å². The molecule has 12 rings (SSSR count). The summed E-state index contributed by atoms with van der Waals surface area (Å²) in [5.74, 6) is 0. The maximum atomic E-state index is 16.5. The van der Waals surface area contributed by atoms with Crippen LogP contribution in [0.4, 0.5) is 13.2 Å². The summed E-state index contributed by atoms with van der Waals surface area (Å²) in [5.41, 5.74) is 10.4. The Morgan fingerprint density at radius 2 is 0.794 bits per heavy atom. The van der Waals surface area contributed by atoms with E-state index in [0.717, 1.165) is 66.3 Å². The number of pyridine rings is 2. The minimum absolute atomic E-state index is 0.0349. The van der Waals surface area contributed by atoms with Gasteiger partial charge in [0.1, 0.15) is 5.56 Å². The molecular weight excluding hydrogens is 848 g/mol. The highest BCUT2D eigenvalue weighted by atomic mass is 19.4. The predicted molar refractivity (Wildman–Crippen MR) is 268 cm³/mol. The average Bonchev–Trinajstić information content (AvgIpc) is 3.91. The Hall–Kier alpha value is -9.06. The molecule has 68 heavy (non-hydrogen) atoms. The van der Waals surface area contributed by atoms with Gasteiger partial charge in [-0.15, -0.1) is 0 Å². The molecule has 0 fully saturated rings. The molecule has 0 atom stereocenters. The zero-order valence-electron chi connectivity index (χ0n) is 36.2. The van der Waals surface area contributed by atoms with Gasteiger partial charge in [-0.2, -0.15) is 18.4 Å². The van der Waals surface area contributed by atoms with Crippen molar-refractivity contribution in [2.24, 2.45) is 0 Å². The van der Waals surface area contributed by atoms with Crippen LogP contribution >= 0.6 is 0 Å². The Bertz CT molecular complexity index is 3720. The number of fused-ring (bicyclic) bond motifs is 6. The number of alkyl halides is 3. The summed E-state index contributed by atoms with van der Waals surface area (Å²) < 4.78 is 53.1. The molecule has 0 radical (unpaired) electrons. The maximum absolute atomic E-state index is 16.5.